The lowest BCUT2D eigenvalue weighted by Gasteiger charge is -2.33. The minimum Gasteiger partial charge on any atom is -0.497 e. The van der Waals surface area contributed by atoms with Crippen molar-refractivity contribution in [2.75, 3.05) is 26.7 Å². The lowest BCUT2D eigenvalue weighted by molar-refractivity contribution is -0.124. The molecular weight excluding hydrogens is 368 g/mol. The van der Waals surface area contributed by atoms with E-state index in [1.807, 2.05) is 31.2 Å². The number of hydrogen-bond donors (Lipinski definition) is 1. The highest BCUT2D eigenvalue weighted by Crippen LogP contribution is 2.20. The Hall–Kier alpha value is -2.48. The van der Waals surface area contributed by atoms with Gasteiger partial charge in [-0.3, -0.25) is 4.79 Å². The van der Waals surface area contributed by atoms with Crippen molar-refractivity contribution in [3.63, 3.8) is 0 Å². The van der Waals surface area contributed by atoms with E-state index in [-0.39, 0.29) is 5.91 Å². The summed E-state index contributed by atoms with van der Waals surface area (Å²) in [7, 11) is 1.64. The maximum atomic E-state index is 13.0. The van der Waals surface area contributed by atoms with Crippen LogP contribution in [0.1, 0.15) is 50.0 Å². The zero-order valence-corrected chi connectivity index (χ0v) is 17.7. The molecule has 1 saturated heterocycles. The summed E-state index contributed by atoms with van der Waals surface area (Å²) in [6, 6.07) is 7.89. The Labute approximate surface area is 172 Å². The number of aromatic nitrogens is 4. The van der Waals surface area contributed by atoms with E-state index in [1.165, 1.54) is 19.3 Å². The number of likely N-dealkylation sites (tertiary alicyclic amines) is 1. The lowest BCUT2D eigenvalue weighted by Crippen LogP contribution is -2.40. The first-order valence-electron chi connectivity index (χ1n) is 10.5. The maximum Gasteiger partial charge on any atom is 0.245 e. The van der Waals surface area contributed by atoms with Crippen LogP contribution in [0.3, 0.4) is 0 Å². The molecule has 0 aliphatic carbocycles. The first-order valence-corrected chi connectivity index (χ1v) is 10.5. The molecule has 1 aromatic heterocycles. The summed E-state index contributed by atoms with van der Waals surface area (Å²) < 4.78 is 6.90. The topological polar surface area (TPSA) is 85.2 Å². The number of carbonyl (C=O) groups is 1. The summed E-state index contributed by atoms with van der Waals surface area (Å²) in [5, 5.41) is 14.8. The molecule has 1 N–H and O–H groups in total. The van der Waals surface area contributed by atoms with Crippen molar-refractivity contribution in [2.45, 2.75) is 58.0 Å². The highest BCUT2D eigenvalue weighted by Gasteiger charge is 2.24. The molecule has 8 nitrogen and oxygen atoms in total. The summed E-state index contributed by atoms with van der Waals surface area (Å²) in [5.41, 5.74) is 1.00. The van der Waals surface area contributed by atoms with E-state index in [4.69, 9.17) is 4.74 Å². The van der Waals surface area contributed by atoms with E-state index in [0.29, 0.717) is 24.8 Å². The van der Waals surface area contributed by atoms with Gasteiger partial charge in [-0.15, -0.1) is 5.10 Å². The van der Waals surface area contributed by atoms with Gasteiger partial charge in [0, 0.05) is 25.6 Å². The summed E-state index contributed by atoms with van der Waals surface area (Å²) >= 11 is 0. The van der Waals surface area contributed by atoms with Crippen molar-refractivity contribution in [3.05, 3.63) is 35.7 Å². The number of hydrogen-bond acceptors (Lipinski definition) is 6. The first-order chi connectivity index (χ1) is 14.1. The smallest absolute Gasteiger partial charge is 0.245 e. The Balaban J connectivity index is 1.59. The van der Waals surface area contributed by atoms with Crippen LogP contribution in [0.15, 0.2) is 24.3 Å². The number of tetrazole rings is 1. The third-order valence-corrected chi connectivity index (χ3v) is 5.68. The van der Waals surface area contributed by atoms with Gasteiger partial charge in [0.15, 0.2) is 0 Å². The Bertz CT molecular complexity index is 793. The van der Waals surface area contributed by atoms with Crippen molar-refractivity contribution in [2.24, 2.45) is 0 Å². The van der Waals surface area contributed by atoms with Crippen LogP contribution in [0.5, 0.6) is 5.75 Å². The Morgan fingerprint density at radius 1 is 1.38 bits per heavy atom. The highest BCUT2D eigenvalue weighted by molar-refractivity contribution is 5.80. The molecule has 0 spiro atoms. The molecule has 29 heavy (non-hydrogen) atoms. The number of rotatable bonds is 9. The van der Waals surface area contributed by atoms with E-state index in [9.17, 15) is 4.79 Å². The van der Waals surface area contributed by atoms with Crippen molar-refractivity contribution in [1.29, 1.82) is 0 Å². The van der Waals surface area contributed by atoms with Gasteiger partial charge in [0.25, 0.3) is 0 Å². The fourth-order valence-electron chi connectivity index (χ4n) is 3.94. The van der Waals surface area contributed by atoms with E-state index in [1.54, 1.807) is 11.8 Å². The standard InChI is InChI=1S/C21H32N6O2/c1-16-8-4-5-12-26(16)13-7-11-22-21(28)20(27-17(2)23-24-25-27)15-18-9-6-10-19(14-18)29-3/h6,9-10,14,16,20H,4-5,7-8,11-13,15H2,1-3H3,(H,22,28)/t16-,20-/m0/s1. The predicted octanol–water partition coefficient (Wildman–Crippen LogP) is 2.15. The number of nitrogens with zero attached hydrogens (tertiary/aromatic N) is 5. The molecule has 0 bridgehead atoms. The molecule has 2 heterocycles. The van der Waals surface area contributed by atoms with Gasteiger partial charge in [0.05, 0.1) is 7.11 Å². The van der Waals surface area contributed by atoms with Crippen LogP contribution in [-0.2, 0) is 11.2 Å². The van der Waals surface area contributed by atoms with Crippen molar-refractivity contribution < 1.29 is 9.53 Å². The minimum absolute atomic E-state index is 0.0603. The van der Waals surface area contributed by atoms with Crippen molar-refractivity contribution in [1.82, 2.24) is 30.4 Å². The molecule has 3 rings (SSSR count). The number of benzene rings is 1. The van der Waals surface area contributed by atoms with Gasteiger partial charge < -0.3 is 15.0 Å². The van der Waals surface area contributed by atoms with Crippen LogP contribution in [0.4, 0.5) is 0 Å². The van der Waals surface area contributed by atoms with Gasteiger partial charge in [0.2, 0.25) is 5.91 Å². The molecule has 1 aliphatic rings. The van der Waals surface area contributed by atoms with Crippen LogP contribution in [0.25, 0.3) is 0 Å². The Morgan fingerprint density at radius 2 is 2.24 bits per heavy atom. The number of piperidine rings is 1. The van der Waals surface area contributed by atoms with Crippen molar-refractivity contribution >= 4 is 5.91 Å². The van der Waals surface area contributed by atoms with Gasteiger partial charge in [-0.1, -0.05) is 18.6 Å². The first kappa shape index (κ1) is 21.2. The van der Waals surface area contributed by atoms with Crippen LogP contribution in [0, 0.1) is 6.92 Å². The lowest BCUT2D eigenvalue weighted by atomic mass is 10.0. The summed E-state index contributed by atoms with van der Waals surface area (Å²) in [5.74, 6) is 1.33. The van der Waals surface area contributed by atoms with Gasteiger partial charge in [-0.05, 0) is 67.8 Å². The molecule has 1 amide bonds. The molecule has 0 unspecified atom stereocenters. The summed E-state index contributed by atoms with van der Waals surface area (Å²) in [4.78, 5) is 15.5. The monoisotopic (exact) mass is 400 g/mol. The third kappa shape index (κ3) is 5.76. The van der Waals surface area contributed by atoms with Crippen LogP contribution in [-0.4, -0.2) is 63.8 Å². The van der Waals surface area contributed by atoms with E-state index in [0.717, 1.165) is 30.8 Å². The molecule has 0 saturated carbocycles. The summed E-state index contributed by atoms with van der Waals surface area (Å²) in [6.45, 7) is 6.94. The molecule has 2 aromatic rings. The maximum absolute atomic E-state index is 13.0. The van der Waals surface area contributed by atoms with Crippen LogP contribution < -0.4 is 10.1 Å². The normalized spacial score (nSPS) is 18.4. The number of aryl methyl sites for hydroxylation is 1. The van der Waals surface area contributed by atoms with Gasteiger partial charge in [-0.25, -0.2) is 4.68 Å². The molecule has 1 aliphatic heterocycles. The number of ether oxygens (including phenoxy) is 1. The predicted molar refractivity (Wildman–Crippen MR) is 111 cm³/mol. The average Bonchev–Trinajstić information content (AvgIpc) is 3.16. The molecule has 2 atom stereocenters. The largest absolute Gasteiger partial charge is 0.497 e. The number of amides is 1. The Kier molecular flexibility index (Phi) is 7.57. The van der Waals surface area contributed by atoms with Crippen LogP contribution in [0.2, 0.25) is 0 Å². The zero-order chi connectivity index (χ0) is 20.6. The zero-order valence-electron chi connectivity index (χ0n) is 17.7. The quantitative estimate of drug-likeness (QED) is 0.649. The van der Waals surface area contributed by atoms with Gasteiger partial charge in [-0.2, -0.15) is 0 Å². The molecule has 0 radical (unpaired) electrons. The number of methoxy groups -OCH3 is 1. The van der Waals surface area contributed by atoms with E-state index in [2.05, 4.69) is 32.7 Å². The summed E-state index contributed by atoms with van der Waals surface area (Å²) in [6.07, 6.45) is 5.31. The van der Waals surface area contributed by atoms with Crippen molar-refractivity contribution in [3.8, 4) is 5.75 Å². The highest BCUT2D eigenvalue weighted by atomic mass is 16.5. The SMILES string of the molecule is COc1cccc(C[C@@H](C(=O)NCCCN2CCCC[C@@H]2C)n2nnnc2C)c1. The molecular formula is C21H32N6O2. The fourth-order valence-corrected chi connectivity index (χ4v) is 3.94. The second-order valence-electron chi connectivity index (χ2n) is 7.77. The fraction of sp³-hybridized carbons (Fsp3) is 0.619. The molecule has 8 heteroatoms. The van der Waals surface area contributed by atoms with Gasteiger partial charge in [0.1, 0.15) is 17.6 Å². The van der Waals surface area contributed by atoms with Gasteiger partial charge >= 0.3 is 0 Å². The molecule has 1 aromatic carbocycles. The van der Waals surface area contributed by atoms with E-state index < -0.39 is 6.04 Å². The number of carbonyl (C=O) groups excluding carboxylic acids is 1. The Morgan fingerprint density at radius 3 is 2.97 bits per heavy atom. The average molecular weight is 401 g/mol. The van der Waals surface area contributed by atoms with E-state index >= 15 is 0 Å². The molecule has 158 valence electrons. The molecule has 1 fully saturated rings. The second kappa shape index (κ2) is 10.3. The third-order valence-electron chi connectivity index (χ3n) is 5.68. The second-order valence-corrected chi connectivity index (χ2v) is 7.77. The number of nitrogens with one attached hydrogen (secondary N) is 1. The minimum atomic E-state index is -0.494. The van der Waals surface area contributed by atoms with Crippen LogP contribution >= 0.6 is 0 Å².